The first-order valence-electron chi connectivity index (χ1n) is 9.66. The molecule has 2 amide bonds. The molecule has 29 heavy (non-hydrogen) atoms. The van der Waals surface area contributed by atoms with Crippen LogP contribution >= 0.6 is 0 Å². The van der Waals surface area contributed by atoms with Gasteiger partial charge in [0.15, 0.2) is 0 Å². The topological polar surface area (TPSA) is 80.4 Å². The standard InChI is InChI=1S/C22H21FN4O2/c1-26-12-22(7-2-8-22)27-18-10-14(4-3-13(18)9-19(27)21(26)29)20(28)25-15-5-6-16(23)17(24)11-15/h3-6,9-11H,2,7-8,12,24H2,1H3,(H,25,28). The molecule has 1 fully saturated rings. The number of nitrogens with zero attached hydrogens (tertiary/aromatic N) is 2. The summed E-state index contributed by atoms with van der Waals surface area (Å²) in [6.45, 7) is 0.688. The number of rotatable bonds is 2. The molecule has 0 unspecified atom stereocenters. The fourth-order valence-corrected chi connectivity index (χ4v) is 4.58. The van der Waals surface area contributed by atoms with Crippen molar-refractivity contribution in [3.05, 3.63) is 59.5 Å². The number of nitrogens with one attached hydrogen (secondary N) is 1. The summed E-state index contributed by atoms with van der Waals surface area (Å²) >= 11 is 0. The maximum Gasteiger partial charge on any atom is 0.270 e. The first-order valence-corrected chi connectivity index (χ1v) is 9.66. The number of likely N-dealkylation sites (N-methyl/N-ethyl adjacent to an activating group) is 1. The third-order valence-corrected chi connectivity index (χ3v) is 6.18. The molecule has 1 aliphatic carbocycles. The highest BCUT2D eigenvalue weighted by Gasteiger charge is 2.46. The molecule has 0 radical (unpaired) electrons. The summed E-state index contributed by atoms with van der Waals surface area (Å²) in [6, 6.07) is 11.4. The lowest BCUT2D eigenvalue weighted by atomic mass is 9.74. The summed E-state index contributed by atoms with van der Waals surface area (Å²) in [6.07, 6.45) is 3.17. The molecule has 2 aliphatic rings. The molecule has 3 N–H and O–H groups in total. The minimum atomic E-state index is -0.523. The van der Waals surface area contributed by atoms with Gasteiger partial charge in [-0.3, -0.25) is 9.59 Å². The van der Waals surface area contributed by atoms with Crippen molar-refractivity contribution in [2.24, 2.45) is 0 Å². The Morgan fingerprint density at radius 3 is 2.66 bits per heavy atom. The van der Waals surface area contributed by atoms with Crippen LogP contribution in [0.5, 0.6) is 0 Å². The minimum Gasteiger partial charge on any atom is -0.396 e. The van der Waals surface area contributed by atoms with E-state index in [4.69, 9.17) is 5.73 Å². The fraction of sp³-hybridized carbons (Fsp3) is 0.273. The summed E-state index contributed by atoms with van der Waals surface area (Å²) < 4.78 is 15.5. The summed E-state index contributed by atoms with van der Waals surface area (Å²) in [5.41, 5.74) is 7.96. The Kier molecular flexibility index (Phi) is 3.71. The van der Waals surface area contributed by atoms with E-state index in [1.165, 1.54) is 18.2 Å². The quantitative estimate of drug-likeness (QED) is 0.654. The van der Waals surface area contributed by atoms with Gasteiger partial charge in [0.25, 0.3) is 11.8 Å². The number of hydrogen-bond donors (Lipinski definition) is 2. The molecule has 2 aromatic carbocycles. The molecule has 3 aromatic rings. The zero-order valence-electron chi connectivity index (χ0n) is 16.0. The highest BCUT2D eigenvalue weighted by atomic mass is 19.1. The second kappa shape index (κ2) is 6.07. The van der Waals surface area contributed by atoms with E-state index in [1.54, 1.807) is 11.0 Å². The van der Waals surface area contributed by atoms with Crippen LogP contribution in [-0.2, 0) is 5.54 Å². The first kappa shape index (κ1) is 17.7. The Labute approximate surface area is 167 Å². The Bertz CT molecular complexity index is 1180. The summed E-state index contributed by atoms with van der Waals surface area (Å²) in [7, 11) is 1.84. The predicted octanol–water partition coefficient (Wildman–Crippen LogP) is 3.58. The Balaban J connectivity index is 1.55. The molecule has 7 heteroatoms. The van der Waals surface area contributed by atoms with Crippen LogP contribution in [0.2, 0.25) is 0 Å². The molecule has 2 heterocycles. The molecule has 1 saturated carbocycles. The van der Waals surface area contributed by atoms with Gasteiger partial charge in [0.2, 0.25) is 0 Å². The van der Waals surface area contributed by atoms with Crippen molar-refractivity contribution in [1.82, 2.24) is 9.47 Å². The highest BCUT2D eigenvalue weighted by Crippen LogP contribution is 2.45. The van der Waals surface area contributed by atoms with Gasteiger partial charge >= 0.3 is 0 Å². The van der Waals surface area contributed by atoms with Gasteiger partial charge in [0, 0.05) is 30.2 Å². The van der Waals surface area contributed by atoms with Crippen molar-refractivity contribution >= 4 is 34.1 Å². The minimum absolute atomic E-state index is 0.00603. The average Bonchev–Trinajstić information content (AvgIpc) is 3.05. The van der Waals surface area contributed by atoms with Crippen molar-refractivity contribution < 1.29 is 14.0 Å². The molecule has 0 bridgehead atoms. The van der Waals surface area contributed by atoms with Gasteiger partial charge in [-0.2, -0.15) is 0 Å². The number of amides is 2. The maximum atomic E-state index is 13.4. The Hall–Kier alpha value is -3.35. The van der Waals surface area contributed by atoms with Crippen LogP contribution in [0.4, 0.5) is 15.8 Å². The number of nitrogens with two attached hydrogens (primary N) is 1. The zero-order valence-corrected chi connectivity index (χ0v) is 16.0. The number of carbonyl (C=O) groups is 2. The zero-order chi connectivity index (χ0) is 20.3. The van der Waals surface area contributed by atoms with E-state index in [2.05, 4.69) is 9.88 Å². The molecular formula is C22H21FN4O2. The van der Waals surface area contributed by atoms with E-state index in [0.29, 0.717) is 23.5 Å². The number of carbonyl (C=O) groups excluding carboxylic acids is 2. The van der Waals surface area contributed by atoms with Crippen molar-refractivity contribution in [2.45, 2.75) is 24.8 Å². The van der Waals surface area contributed by atoms with Crippen LogP contribution in [0.1, 0.15) is 40.1 Å². The molecule has 6 nitrogen and oxygen atoms in total. The van der Waals surface area contributed by atoms with Gasteiger partial charge in [0.05, 0.1) is 16.7 Å². The fourth-order valence-electron chi connectivity index (χ4n) is 4.58. The molecule has 148 valence electrons. The molecule has 1 aliphatic heterocycles. The summed E-state index contributed by atoms with van der Waals surface area (Å²) in [4.78, 5) is 27.3. The van der Waals surface area contributed by atoms with E-state index in [0.717, 1.165) is 30.2 Å². The smallest absolute Gasteiger partial charge is 0.270 e. The lowest BCUT2D eigenvalue weighted by Gasteiger charge is -2.49. The van der Waals surface area contributed by atoms with Crippen LogP contribution in [-0.4, -0.2) is 34.9 Å². The van der Waals surface area contributed by atoms with Crippen LogP contribution < -0.4 is 11.1 Å². The number of nitrogen functional groups attached to an aromatic ring is 1. The largest absolute Gasteiger partial charge is 0.396 e. The molecule has 5 rings (SSSR count). The van der Waals surface area contributed by atoms with Crippen molar-refractivity contribution in [3.63, 3.8) is 0 Å². The number of benzene rings is 2. The Morgan fingerprint density at radius 2 is 1.97 bits per heavy atom. The van der Waals surface area contributed by atoms with E-state index >= 15 is 0 Å². The van der Waals surface area contributed by atoms with Crippen molar-refractivity contribution in [2.75, 3.05) is 24.6 Å². The normalized spacial score (nSPS) is 17.3. The average molecular weight is 392 g/mol. The number of anilines is 2. The van der Waals surface area contributed by atoms with E-state index < -0.39 is 5.82 Å². The van der Waals surface area contributed by atoms with Gasteiger partial charge in [0.1, 0.15) is 11.5 Å². The first-order chi connectivity index (χ1) is 13.9. The molecule has 1 spiro atoms. The lowest BCUT2D eigenvalue weighted by Crippen LogP contribution is -2.55. The second-order valence-electron chi connectivity index (χ2n) is 8.07. The van der Waals surface area contributed by atoms with Crippen molar-refractivity contribution in [1.29, 1.82) is 0 Å². The van der Waals surface area contributed by atoms with E-state index in [9.17, 15) is 14.0 Å². The summed E-state index contributed by atoms with van der Waals surface area (Å²) in [5.74, 6) is -0.827. The van der Waals surface area contributed by atoms with E-state index in [1.807, 2.05) is 25.2 Å². The Morgan fingerprint density at radius 1 is 1.17 bits per heavy atom. The van der Waals surface area contributed by atoms with Gasteiger partial charge in [-0.15, -0.1) is 0 Å². The second-order valence-corrected chi connectivity index (χ2v) is 8.07. The number of hydrogen-bond acceptors (Lipinski definition) is 3. The third kappa shape index (κ3) is 2.61. The molecular weight excluding hydrogens is 371 g/mol. The monoisotopic (exact) mass is 392 g/mol. The predicted molar refractivity (Wildman–Crippen MR) is 109 cm³/mol. The van der Waals surface area contributed by atoms with E-state index in [-0.39, 0.29) is 23.0 Å². The molecule has 0 atom stereocenters. The number of fused-ring (bicyclic) bond motifs is 4. The van der Waals surface area contributed by atoms with Gasteiger partial charge < -0.3 is 20.5 Å². The number of aromatic nitrogens is 1. The van der Waals surface area contributed by atoms with Gasteiger partial charge in [-0.05, 0) is 55.7 Å². The van der Waals surface area contributed by atoms with Crippen molar-refractivity contribution in [3.8, 4) is 0 Å². The van der Waals surface area contributed by atoms with Crippen LogP contribution in [0.15, 0.2) is 42.5 Å². The van der Waals surface area contributed by atoms with Crippen LogP contribution in [0.25, 0.3) is 10.9 Å². The van der Waals surface area contributed by atoms with Crippen LogP contribution in [0, 0.1) is 5.82 Å². The lowest BCUT2D eigenvalue weighted by molar-refractivity contribution is 0.0425. The van der Waals surface area contributed by atoms with Gasteiger partial charge in [-0.25, -0.2) is 4.39 Å². The SMILES string of the molecule is CN1CC2(CCC2)n2c(cc3ccc(C(=O)Nc4ccc(F)c(N)c4)cc32)C1=O. The highest BCUT2D eigenvalue weighted by molar-refractivity contribution is 6.07. The third-order valence-electron chi connectivity index (χ3n) is 6.18. The molecule has 0 saturated heterocycles. The van der Waals surface area contributed by atoms with Gasteiger partial charge in [-0.1, -0.05) is 6.07 Å². The molecule has 1 aromatic heterocycles. The summed E-state index contributed by atoms with van der Waals surface area (Å²) in [5, 5.41) is 3.70. The van der Waals surface area contributed by atoms with Crippen LogP contribution in [0.3, 0.4) is 0 Å². The number of halogens is 1. The maximum absolute atomic E-state index is 13.4.